The van der Waals surface area contributed by atoms with Gasteiger partial charge in [0.15, 0.2) is 6.61 Å². The molecular formula is C24H28Cl3N3O4. The van der Waals surface area contributed by atoms with E-state index in [1.165, 1.54) is 6.07 Å². The lowest BCUT2D eigenvalue weighted by Gasteiger charge is -2.34. The van der Waals surface area contributed by atoms with Crippen LogP contribution in [0.4, 0.5) is 0 Å². The van der Waals surface area contributed by atoms with Crippen LogP contribution in [0.2, 0.25) is 15.1 Å². The molecule has 0 atom stereocenters. The van der Waals surface area contributed by atoms with Gasteiger partial charge in [-0.05, 0) is 42.8 Å². The minimum Gasteiger partial charge on any atom is -0.481 e. The average molecular weight is 529 g/mol. The van der Waals surface area contributed by atoms with Gasteiger partial charge in [0.25, 0.3) is 5.91 Å². The Kier molecular flexibility index (Phi) is 10.3. The largest absolute Gasteiger partial charge is 0.481 e. The molecule has 1 saturated heterocycles. The number of esters is 1. The lowest BCUT2D eigenvalue weighted by atomic mass is 10.2. The number of halogens is 3. The van der Waals surface area contributed by atoms with Gasteiger partial charge in [0, 0.05) is 50.8 Å². The number of rotatable bonds is 10. The van der Waals surface area contributed by atoms with Crippen LogP contribution in [0.3, 0.4) is 0 Å². The highest BCUT2D eigenvalue weighted by molar-refractivity contribution is 6.42. The Hall–Kier alpha value is -2.03. The van der Waals surface area contributed by atoms with Crippen molar-refractivity contribution >= 4 is 46.7 Å². The monoisotopic (exact) mass is 527 g/mol. The maximum atomic E-state index is 12.7. The van der Waals surface area contributed by atoms with E-state index in [0.29, 0.717) is 27.2 Å². The van der Waals surface area contributed by atoms with Gasteiger partial charge in [-0.25, -0.2) is 4.79 Å². The van der Waals surface area contributed by atoms with Crippen molar-refractivity contribution in [2.75, 3.05) is 52.5 Å². The number of nitrogens with zero attached hydrogens (tertiary/aromatic N) is 2. The molecule has 1 fully saturated rings. The Morgan fingerprint density at radius 1 is 0.971 bits per heavy atom. The van der Waals surface area contributed by atoms with Crippen molar-refractivity contribution < 1.29 is 19.1 Å². The maximum absolute atomic E-state index is 12.7. The number of nitrogens with one attached hydrogen (secondary N) is 1. The minimum atomic E-state index is -0.507. The summed E-state index contributed by atoms with van der Waals surface area (Å²) in [6.07, 6.45) is 0. The van der Waals surface area contributed by atoms with Crippen LogP contribution in [0.1, 0.15) is 22.8 Å². The van der Waals surface area contributed by atoms with Gasteiger partial charge in [-0.15, -0.1) is 0 Å². The number of hydrogen-bond acceptors (Lipinski definition) is 6. The van der Waals surface area contributed by atoms with Crippen molar-refractivity contribution in [1.82, 2.24) is 15.1 Å². The first-order valence-electron chi connectivity index (χ1n) is 11.1. The molecule has 1 aliphatic heterocycles. The van der Waals surface area contributed by atoms with Crippen LogP contribution in [0, 0.1) is 0 Å². The Morgan fingerprint density at radius 2 is 1.71 bits per heavy atom. The summed E-state index contributed by atoms with van der Waals surface area (Å²) in [5.74, 6) is -0.546. The molecule has 1 heterocycles. The van der Waals surface area contributed by atoms with Crippen molar-refractivity contribution in [2.45, 2.75) is 13.5 Å². The number of ether oxygens (including phenoxy) is 2. The number of hydrogen-bond donors (Lipinski definition) is 1. The fraction of sp³-hybridized carbons (Fsp3) is 0.417. The smallest absolute Gasteiger partial charge is 0.344 e. The minimum absolute atomic E-state index is 0.244. The van der Waals surface area contributed by atoms with E-state index in [4.69, 9.17) is 44.3 Å². The lowest BCUT2D eigenvalue weighted by molar-refractivity contribution is -0.145. The van der Waals surface area contributed by atoms with Gasteiger partial charge in [0.1, 0.15) is 5.75 Å². The van der Waals surface area contributed by atoms with E-state index in [1.807, 2.05) is 18.2 Å². The SMILES string of the molecule is CCOC(=O)COc1cc(Cl)ccc1C(=O)NCCN1CCN(Cc2ccc(Cl)c(Cl)c2)CC1. The Labute approximate surface area is 214 Å². The maximum Gasteiger partial charge on any atom is 0.344 e. The number of carbonyl (C=O) groups excluding carboxylic acids is 2. The summed E-state index contributed by atoms with van der Waals surface area (Å²) in [6.45, 7) is 7.41. The van der Waals surface area contributed by atoms with E-state index >= 15 is 0 Å². The highest BCUT2D eigenvalue weighted by Gasteiger charge is 2.18. The molecule has 7 nitrogen and oxygen atoms in total. The Balaban J connectivity index is 1.43. The summed E-state index contributed by atoms with van der Waals surface area (Å²) in [5, 5.41) is 4.47. The van der Waals surface area contributed by atoms with Crippen LogP contribution in [-0.4, -0.2) is 74.2 Å². The van der Waals surface area contributed by atoms with Gasteiger partial charge in [0.2, 0.25) is 0 Å². The zero-order chi connectivity index (χ0) is 24.5. The van der Waals surface area contributed by atoms with Crippen molar-refractivity contribution in [1.29, 1.82) is 0 Å². The average Bonchev–Trinajstić information content (AvgIpc) is 2.81. The zero-order valence-corrected chi connectivity index (χ0v) is 21.3. The molecule has 1 N–H and O–H groups in total. The molecular weight excluding hydrogens is 501 g/mol. The quantitative estimate of drug-likeness (QED) is 0.468. The van der Waals surface area contributed by atoms with Crippen LogP contribution >= 0.6 is 34.8 Å². The van der Waals surface area contributed by atoms with Crippen LogP contribution < -0.4 is 10.1 Å². The van der Waals surface area contributed by atoms with Gasteiger partial charge in [0.05, 0.1) is 22.2 Å². The van der Waals surface area contributed by atoms with E-state index in [-0.39, 0.29) is 24.9 Å². The van der Waals surface area contributed by atoms with Crippen LogP contribution in [0.5, 0.6) is 5.75 Å². The van der Waals surface area contributed by atoms with Gasteiger partial charge in [-0.3, -0.25) is 14.6 Å². The fourth-order valence-electron chi connectivity index (χ4n) is 3.63. The van der Waals surface area contributed by atoms with E-state index < -0.39 is 5.97 Å². The first-order chi connectivity index (χ1) is 16.4. The molecule has 1 aliphatic rings. The molecule has 34 heavy (non-hydrogen) atoms. The Morgan fingerprint density at radius 3 is 2.41 bits per heavy atom. The van der Waals surface area contributed by atoms with Gasteiger partial charge >= 0.3 is 5.97 Å². The molecule has 0 radical (unpaired) electrons. The van der Waals surface area contributed by atoms with E-state index in [1.54, 1.807) is 19.1 Å². The fourth-order valence-corrected chi connectivity index (χ4v) is 4.12. The van der Waals surface area contributed by atoms with Gasteiger partial charge in [-0.1, -0.05) is 40.9 Å². The second-order valence-corrected chi connectivity index (χ2v) is 9.11. The third kappa shape index (κ3) is 8.03. The number of piperazine rings is 1. The third-order valence-electron chi connectivity index (χ3n) is 5.41. The summed E-state index contributed by atoms with van der Waals surface area (Å²) >= 11 is 18.1. The van der Waals surface area contributed by atoms with Gasteiger partial charge < -0.3 is 14.8 Å². The molecule has 2 aromatic rings. The normalized spacial score (nSPS) is 14.6. The molecule has 0 bridgehead atoms. The lowest BCUT2D eigenvalue weighted by Crippen LogP contribution is -2.48. The predicted molar refractivity (Wildman–Crippen MR) is 134 cm³/mol. The molecule has 1 amide bonds. The summed E-state index contributed by atoms with van der Waals surface area (Å²) in [7, 11) is 0. The summed E-state index contributed by atoms with van der Waals surface area (Å²) in [4.78, 5) is 29.0. The molecule has 0 saturated carbocycles. The van der Waals surface area contributed by atoms with E-state index in [9.17, 15) is 9.59 Å². The van der Waals surface area contributed by atoms with Gasteiger partial charge in [-0.2, -0.15) is 0 Å². The van der Waals surface area contributed by atoms with Crippen LogP contribution in [-0.2, 0) is 16.1 Å². The molecule has 10 heteroatoms. The number of benzene rings is 2. The molecule has 0 aromatic heterocycles. The van der Waals surface area contributed by atoms with E-state index in [2.05, 4.69) is 15.1 Å². The Bertz CT molecular complexity index is 997. The topological polar surface area (TPSA) is 71.1 Å². The molecule has 184 valence electrons. The molecule has 0 spiro atoms. The number of carbonyl (C=O) groups is 2. The first-order valence-corrected chi connectivity index (χ1v) is 12.2. The van der Waals surface area contributed by atoms with E-state index in [0.717, 1.165) is 44.8 Å². The third-order valence-corrected chi connectivity index (χ3v) is 6.38. The summed E-state index contributed by atoms with van der Waals surface area (Å²) in [5.41, 5.74) is 1.46. The predicted octanol–water partition coefficient (Wildman–Crippen LogP) is 4.14. The highest BCUT2D eigenvalue weighted by Crippen LogP contribution is 2.24. The van der Waals surface area contributed by atoms with Crippen molar-refractivity contribution in [2.24, 2.45) is 0 Å². The van der Waals surface area contributed by atoms with Crippen LogP contribution in [0.15, 0.2) is 36.4 Å². The number of amides is 1. The standard InChI is InChI=1S/C24H28Cl3N3O4/c1-2-33-23(31)16-34-22-14-18(25)4-5-19(22)24(32)28-7-8-29-9-11-30(12-10-29)15-17-3-6-20(26)21(27)13-17/h3-6,13-14H,2,7-12,15-16H2,1H3,(H,28,32). The van der Waals surface area contributed by atoms with Crippen molar-refractivity contribution in [3.8, 4) is 5.75 Å². The summed E-state index contributed by atoms with van der Waals surface area (Å²) < 4.78 is 10.3. The molecule has 0 aliphatic carbocycles. The molecule has 3 rings (SSSR count). The van der Waals surface area contributed by atoms with Crippen molar-refractivity contribution in [3.63, 3.8) is 0 Å². The summed E-state index contributed by atoms with van der Waals surface area (Å²) in [6, 6.07) is 10.4. The van der Waals surface area contributed by atoms with Crippen molar-refractivity contribution in [3.05, 3.63) is 62.6 Å². The second kappa shape index (κ2) is 13.2. The molecule has 0 unspecified atom stereocenters. The second-order valence-electron chi connectivity index (χ2n) is 7.86. The highest BCUT2D eigenvalue weighted by atomic mass is 35.5. The first kappa shape index (κ1) is 26.6. The molecule has 2 aromatic carbocycles. The van der Waals surface area contributed by atoms with Crippen LogP contribution in [0.25, 0.3) is 0 Å². The zero-order valence-electron chi connectivity index (χ0n) is 19.0.